The van der Waals surface area contributed by atoms with Gasteiger partial charge in [0.2, 0.25) is 0 Å². The first-order valence-corrected chi connectivity index (χ1v) is 11.0. The van der Waals surface area contributed by atoms with Crippen molar-refractivity contribution in [3.05, 3.63) is 0 Å². The lowest BCUT2D eigenvalue weighted by molar-refractivity contribution is -0.177. The molecule has 0 bridgehead atoms. The number of ether oxygens (including phenoxy) is 6. The van der Waals surface area contributed by atoms with Gasteiger partial charge in [0.05, 0.1) is 25.7 Å². The molecule has 2 aliphatic rings. The van der Waals surface area contributed by atoms with Gasteiger partial charge < -0.3 is 28.4 Å². The minimum atomic E-state index is -0.872. The second-order valence-corrected chi connectivity index (χ2v) is 8.68. The molecule has 5 atom stereocenters. The van der Waals surface area contributed by atoms with E-state index in [0.717, 1.165) is 0 Å². The van der Waals surface area contributed by atoms with Gasteiger partial charge in [-0.25, -0.2) is 0 Å². The van der Waals surface area contributed by atoms with E-state index in [2.05, 4.69) is 0 Å². The molecule has 8 heteroatoms. The maximum atomic E-state index is 12.6. The van der Waals surface area contributed by atoms with E-state index in [1.807, 2.05) is 41.5 Å². The third kappa shape index (κ3) is 6.99. The molecule has 0 N–H and O–H groups in total. The van der Waals surface area contributed by atoms with Gasteiger partial charge in [0.1, 0.15) is 18.3 Å². The third-order valence-corrected chi connectivity index (χ3v) is 5.81. The third-order valence-electron chi connectivity index (χ3n) is 5.81. The summed E-state index contributed by atoms with van der Waals surface area (Å²) in [5.74, 6) is -1.90. The minimum absolute atomic E-state index is 0.0309. The van der Waals surface area contributed by atoms with E-state index in [1.165, 1.54) is 0 Å². The van der Waals surface area contributed by atoms with Crippen molar-refractivity contribution in [1.29, 1.82) is 0 Å². The van der Waals surface area contributed by atoms with Gasteiger partial charge in [-0.1, -0.05) is 6.92 Å². The predicted octanol–water partition coefficient (Wildman–Crippen LogP) is 3.15. The van der Waals surface area contributed by atoms with Gasteiger partial charge in [0.25, 0.3) is 0 Å². The molecule has 0 aromatic rings. The first kappa shape index (κ1) is 25.2. The average molecular weight is 431 g/mol. The van der Waals surface area contributed by atoms with Crippen LogP contribution in [-0.2, 0) is 38.0 Å². The number of rotatable bonds is 12. The Kier molecular flexibility index (Phi) is 8.82. The largest absolute Gasteiger partial charge is 0.463 e. The summed E-state index contributed by atoms with van der Waals surface area (Å²) in [6.45, 7) is 12.7. The fraction of sp³-hybridized carbons (Fsp3) is 0.909. The lowest BCUT2D eigenvalue weighted by atomic mass is 9.92. The highest BCUT2D eigenvalue weighted by Gasteiger charge is 2.40. The number of Topliss-reactive ketones (excluding diaryl/α,β-unsaturated/α-hetero) is 1. The van der Waals surface area contributed by atoms with Gasteiger partial charge in [-0.3, -0.25) is 9.59 Å². The van der Waals surface area contributed by atoms with Crippen LogP contribution in [0.1, 0.15) is 73.6 Å². The smallest absolute Gasteiger partial charge is 0.306 e. The van der Waals surface area contributed by atoms with Crippen LogP contribution in [0.4, 0.5) is 0 Å². The van der Waals surface area contributed by atoms with Crippen molar-refractivity contribution in [2.45, 2.75) is 103 Å². The predicted molar refractivity (Wildman–Crippen MR) is 109 cm³/mol. The number of carbonyl (C=O) groups is 2. The number of carbonyl (C=O) groups excluding carboxylic acids is 2. The number of esters is 1. The van der Waals surface area contributed by atoms with Crippen molar-refractivity contribution in [2.24, 2.45) is 0 Å². The quantitative estimate of drug-likeness (QED) is 0.436. The molecule has 0 spiro atoms. The Balaban J connectivity index is 1.70. The maximum Gasteiger partial charge on any atom is 0.306 e. The molecule has 2 fully saturated rings. The molecule has 0 amide bonds. The Hall–Kier alpha value is -1.06. The number of ketones is 1. The van der Waals surface area contributed by atoms with Gasteiger partial charge in [-0.2, -0.15) is 0 Å². The SMILES string of the molecule is CCOC(C)(CC)C(=O)CCC1(C)OCC(COC(=O)CCC2(C)OCC(C)O2)O1. The Morgan fingerprint density at radius 1 is 1.03 bits per heavy atom. The van der Waals surface area contributed by atoms with Crippen LogP contribution in [0.25, 0.3) is 0 Å². The molecule has 2 aliphatic heterocycles. The van der Waals surface area contributed by atoms with Crippen molar-refractivity contribution >= 4 is 11.8 Å². The van der Waals surface area contributed by atoms with E-state index in [0.29, 0.717) is 45.5 Å². The van der Waals surface area contributed by atoms with E-state index in [9.17, 15) is 9.59 Å². The van der Waals surface area contributed by atoms with E-state index in [-0.39, 0.29) is 37.0 Å². The molecule has 0 aromatic heterocycles. The van der Waals surface area contributed by atoms with Gasteiger partial charge in [-0.15, -0.1) is 0 Å². The fourth-order valence-electron chi connectivity index (χ4n) is 3.71. The zero-order valence-corrected chi connectivity index (χ0v) is 19.3. The standard InChI is InChI=1S/C22H38O8/c1-7-20(4,26-8-2)18(23)9-11-22(6)28-15-17(30-22)14-25-19(24)10-12-21(5)27-13-16(3)29-21/h16-17H,7-15H2,1-6H3. The summed E-state index contributed by atoms with van der Waals surface area (Å²) < 4.78 is 33.9. The minimum Gasteiger partial charge on any atom is -0.463 e. The fourth-order valence-corrected chi connectivity index (χ4v) is 3.71. The van der Waals surface area contributed by atoms with Crippen LogP contribution in [-0.4, -0.2) is 67.6 Å². The molecular formula is C22H38O8. The summed E-state index contributed by atoms with van der Waals surface area (Å²) >= 11 is 0. The first-order valence-electron chi connectivity index (χ1n) is 11.0. The number of hydrogen-bond donors (Lipinski definition) is 0. The van der Waals surface area contributed by atoms with Gasteiger partial charge in [-0.05, 0) is 41.0 Å². The second kappa shape index (κ2) is 10.5. The summed E-state index contributed by atoms with van der Waals surface area (Å²) in [5, 5.41) is 0. The zero-order chi connectivity index (χ0) is 22.4. The maximum absolute atomic E-state index is 12.6. The molecule has 8 nitrogen and oxygen atoms in total. The lowest BCUT2D eigenvalue weighted by Gasteiger charge is -2.29. The highest BCUT2D eigenvalue weighted by Crippen LogP contribution is 2.31. The Labute approximate surface area is 179 Å². The zero-order valence-electron chi connectivity index (χ0n) is 19.3. The van der Waals surface area contributed by atoms with Crippen molar-refractivity contribution < 1.29 is 38.0 Å². The molecule has 30 heavy (non-hydrogen) atoms. The van der Waals surface area contributed by atoms with E-state index in [1.54, 1.807) is 0 Å². The molecular weight excluding hydrogens is 392 g/mol. The summed E-state index contributed by atoms with van der Waals surface area (Å²) in [6.07, 6.45) is 1.65. The molecule has 0 aliphatic carbocycles. The van der Waals surface area contributed by atoms with Crippen LogP contribution in [0.15, 0.2) is 0 Å². The van der Waals surface area contributed by atoms with E-state index in [4.69, 9.17) is 28.4 Å². The highest BCUT2D eigenvalue weighted by molar-refractivity contribution is 5.86. The van der Waals surface area contributed by atoms with Crippen molar-refractivity contribution in [2.75, 3.05) is 26.4 Å². The van der Waals surface area contributed by atoms with Gasteiger partial charge in [0.15, 0.2) is 17.4 Å². The summed E-state index contributed by atoms with van der Waals surface area (Å²) in [7, 11) is 0. The van der Waals surface area contributed by atoms with Crippen molar-refractivity contribution in [1.82, 2.24) is 0 Å². The van der Waals surface area contributed by atoms with Crippen LogP contribution in [0.5, 0.6) is 0 Å². The Bertz CT molecular complexity index is 596. The normalized spacial score (nSPS) is 33.4. The molecule has 174 valence electrons. The van der Waals surface area contributed by atoms with E-state index >= 15 is 0 Å². The van der Waals surface area contributed by atoms with Crippen LogP contribution in [0.3, 0.4) is 0 Å². The molecule has 0 saturated carbocycles. The Morgan fingerprint density at radius 2 is 1.67 bits per heavy atom. The molecule has 5 unspecified atom stereocenters. The Morgan fingerprint density at radius 3 is 2.27 bits per heavy atom. The van der Waals surface area contributed by atoms with Crippen molar-refractivity contribution in [3.63, 3.8) is 0 Å². The topological polar surface area (TPSA) is 89.5 Å². The molecule has 0 radical (unpaired) electrons. The first-order chi connectivity index (χ1) is 14.0. The highest BCUT2D eigenvalue weighted by atomic mass is 16.8. The summed E-state index contributed by atoms with van der Waals surface area (Å²) in [4.78, 5) is 24.7. The molecule has 2 heterocycles. The average Bonchev–Trinajstić information content (AvgIpc) is 3.25. The van der Waals surface area contributed by atoms with Crippen LogP contribution < -0.4 is 0 Å². The monoisotopic (exact) mass is 430 g/mol. The van der Waals surface area contributed by atoms with E-state index < -0.39 is 17.2 Å². The summed E-state index contributed by atoms with van der Waals surface area (Å²) in [6, 6.07) is 0. The lowest BCUT2D eigenvalue weighted by Crippen LogP contribution is -2.39. The molecule has 0 aromatic carbocycles. The molecule has 2 rings (SSSR count). The van der Waals surface area contributed by atoms with Crippen molar-refractivity contribution in [3.8, 4) is 0 Å². The van der Waals surface area contributed by atoms with Gasteiger partial charge in [0, 0.05) is 25.9 Å². The summed E-state index contributed by atoms with van der Waals surface area (Å²) in [5.41, 5.74) is -0.778. The van der Waals surface area contributed by atoms with Gasteiger partial charge >= 0.3 is 5.97 Å². The van der Waals surface area contributed by atoms with Crippen LogP contribution in [0, 0.1) is 0 Å². The second-order valence-electron chi connectivity index (χ2n) is 8.68. The van der Waals surface area contributed by atoms with Crippen LogP contribution >= 0.6 is 0 Å². The van der Waals surface area contributed by atoms with Crippen LogP contribution in [0.2, 0.25) is 0 Å². The number of hydrogen-bond acceptors (Lipinski definition) is 8. The molecule has 2 saturated heterocycles.